The number of hydrogen-bond donors (Lipinski definition) is 1. The van der Waals surface area contributed by atoms with Crippen LogP contribution in [0, 0.1) is 0 Å². The monoisotopic (exact) mass is 376 g/mol. The smallest absolute Gasteiger partial charge is 0.250 e. The fraction of sp³-hybridized carbons (Fsp3) is 0.261. The van der Waals surface area contributed by atoms with Crippen molar-refractivity contribution in [2.24, 2.45) is 5.73 Å². The molecule has 2 aromatic carbocycles. The van der Waals surface area contributed by atoms with Crippen molar-refractivity contribution in [3.8, 4) is 0 Å². The van der Waals surface area contributed by atoms with Crippen molar-refractivity contribution in [2.45, 2.75) is 31.8 Å². The van der Waals surface area contributed by atoms with E-state index >= 15 is 0 Å². The maximum Gasteiger partial charge on any atom is 0.250 e. The summed E-state index contributed by atoms with van der Waals surface area (Å²) < 4.78 is 1.94. The van der Waals surface area contributed by atoms with Gasteiger partial charge in [0.2, 0.25) is 0 Å². The second-order valence-corrected chi connectivity index (χ2v) is 9.39. The molecule has 0 bridgehead atoms. The summed E-state index contributed by atoms with van der Waals surface area (Å²) in [5.41, 5.74) is 8.77. The van der Waals surface area contributed by atoms with Crippen molar-refractivity contribution in [1.29, 1.82) is 0 Å². The number of hydrogen-bond acceptors (Lipinski definition) is 2. The van der Waals surface area contributed by atoms with Crippen LogP contribution in [0.2, 0.25) is 0 Å². The van der Waals surface area contributed by atoms with Gasteiger partial charge in [-0.1, -0.05) is 66.7 Å². The zero-order valence-electron chi connectivity index (χ0n) is 15.4. The van der Waals surface area contributed by atoms with Crippen LogP contribution in [-0.2, 0) is 13.0 Å². The number of aryl methyl sites for hydroxylation is 1. The highest BCUT2D eigenvalue weighted by atomic mass is 31.1. The Morgan fingerprint density at radius 3 is 2.19 bits per heavy atom. The molecule has 2 N–H and O–H groups in total. The van der Waals surface area contributed by atoms with Crippen LogP contribution in [0.5, 0.6) is 0 Å². The first-order chi connectivity index (χ1) is 13.2. The van der Waals surface area contributed by atoms with E-state index in [9.17, 15) is 4.79 Å². The standard InChI is InChI=1S/C23H25N2OP/c24-21-13-7-8-18-14-15-22(26)25(23(18)21)16-17-27(19-9-3-1-4-10-19)20-11-5-2-6-12-20/h1-6,9-12,14-15,21H,7-8,13,16-17,24H2. The summed E-state index contributed by atoms with van der Waals surface area (Å²) in [6.07, 6.45) is 4.03. The molecule has 0 amide bonds. The van der Waals surface area contributed by atoms with Crippen molar-refractivity contribution in [2.75, 3.05) is 6.16 Å². The number of rotatable bonds is 5. The van der Waals surface area contributed by atoms with Gasteiger partial charge < -0.3 is 10.3 Å². The summed E-state index contributed by atoms with van der Waals surface area (Å²) >= 11 is 0. The van der Waals surface area contributed by atoms with Gasteiger partial charge in [-0.3, -0.25) is 4.79 Å². The average molecular weight is 376 g/mol. The van der Waals surface area contributed by atoms with Gasteiger partial charge in [0.1, 0.15) is 0 Å². The van der Waals surface area contributed by atoms with Crippen LogP contribution in [0.25, 0.3) is 0 Å². The molecule has 0 saturated carbocycles. The largest absolute Gasteiger partial charge is 0.323 e. The molecule has 1 aliphatic carbocycles. The lowest BCUT2D eigenvalue weighted by Gasteiger charge is -2.27. The molecule has 1 aromatic heterocycles. The number of aromatic nitrogens is 1. The second-order valence-electron chi connectivity index (χ2n) is 7.06. The van der Waals surface area contributed by atoms with E-state index in [2.05, 4.69) is 60.7 Å². The Hall–Kier alpha value is -2.22. The van der Waals surface area contributed by atoms with Gasteiger partial charge in [-0.25, -0.2) is 0 Å². The molecule has 4 heteroatoms. The zero-order valence-corrected chi connectivity index (χ0v) is 16.3. The number of pyridine rings is 1. The van der Waals surface area contributed by atoms with E-state index in [4.69, 9.17) is 5.73 Å². The van der Waals surface area contributed by atoms with Gasteiger partial charge in [0.25, 0.3) is 5.56 Å². The number of nitrogens with two attached hydrogens (primary N) is 1. The fourth-order valence-corrected chi connectivity index (χ4v) is 6.27. The Morgan fingerprint density at radius 1 is 0.926 bits per heavy atom. The highest BCUT2D eigenvalue weighted by Gasteiger charge is 2.22. The lowest BCUT2D eigenvalue weighted by Crippen LogP contribution is -2.32. The van der Waals surface area contributed by atoms with Crippen LogP contribution >= 0.6 is 7.92 Å². The molecular weight excluding hydrogens is 351 g/mol. The molecule has 1 atom stereocenters. The topological polar surface area (TPSA) is 48.0 Å². The molecule has 1 heterocycles. The summed E-state index contributed by atoms with van der Waals surface area (Å²) in [5, 5.41) is 2.70. The Labute approximate surface area is 161 Å². The Morgan fingerprint density at radius 2 is 1.56 bits per heavy atom. The second kappa shape index (κ2) is 8.21. The minimum absolute atomic E-state index is 0.0256. The zero-order chi connectivity index (χ0) is 18.6. The van der Waals surface area contributed by atoms with Gasteiger partial charge in [0.15, 0.2) is 0 Å². The van der Waals surface area contributed by atoms with E-state index < -0.39 is 7.92 Å². The normalized spacial score (nSPS) is 16.3. The van der Waals surface area contributed by atoms with E-state index in [-0.39, 0.29) is 11.6 Å². The van der Waals surface area contributed by atoms with Gasteiger partial charge in [-0.15, -0.1) is 0 Å². The third kappa shape index (κ3) is 3.90. The number of nitrogens with zero attached hydrogens (tertiary/aromatic N) is 1. The molecule has 0 spiro atoms. The number of benzene rings is 2. The van der Waals surface area contributed by atoms with Gasteiger partial charge in [0.05, 0.1) is 0 Å². The van der Waals surface area contributed by atoms with E-state index in [1.807, 2.05) is 10.6 Å². The maximum absolute atomic E-state index is 12.6. The van der Waals surface area contributed by atoms with Crippen LogP contribution in [0.15, 0.2) is 77.6 Å². The van der Waals surface area contributed by atoms with Crippen molar-refractivity contribution in [3.63, 3.8) is 0 Å². The van der Waals surface area contributed by atoms with E-state index in [1.54, 1.807) is 6.07 Å². The molecule has 1 aliphatic rings. The van der Waals surface area contributed by atoms with Gasteiger partial charge in [0, 0.05) is 24.3 Å². The third-order valence-corrected chi connectivity index (χ3v) is 7.80. The highest BCUT2D eigenvalue weighted by molar-refractivity contribution is 7.73. The van der Waals surface area contributed by atoms with Crippen molar-refractivity contribution < 1.29 is 0 Å². The van der Waals surface area contributed by atoms with Gasteiger partial charge in [-0.2, -0.15) is 0 Å². The lowest BCUT2D eigenvalue weighted by atomic mass is 9.92. The molecule has 3 nitrogen and oxygen atoms in total. The summed E-state index contributed by atoms with van der Waals surface area (Å²) in [6.45, 7) is 0.713. The van der Waals surface area contributed by atoms with Crippen LogP contribution < -0.4 is 21.9 Å². The molecule has 1 unspecified atom stereocenters. The Balaban J connectivity index is 1.67. The molecular formula is C23H25N2OP. The molecule has 0 fully saturated rings. The summed E-state index contributed by atoms with van der Waals surface area (Å²) in [7, 11) is -0.515. The van der Waals surface area contributed by atoms with Crippen LogP contribution in [0.1, 0.15) is 30.1 Å². The van der Waals surface area contributed by atoms with Crippen molar-refractivity contribution >= 4 is 18.5 Å². The quantitative estimate of drug-likeness (QED) is 0.695. The molecule has 3 aromatic rings. The van der Waals surface area contributed by atoms with Crippen molar-refractivity contribution in [1.82, 2.24) is 4.57 Å². The summed E-state index contributed by atoms with van der Waals surface area (Å²) in [6, 6.07) is 25.0. The molecule has 4 rings (SSSR count). The number of fused-ring (bicyclic) bond motifs is 1. The minimum Gasteiger partial charge on any atom is -0.323 e. The van der Waals surface area contributed by atoms with Gasteiger partial charge >= 0.3 is 0 Å². The molecule has 0 saturated heterocycles. The van der Waals surface area contributed by atoms with Gasteiger partial charge in [-0.05, 0) is 49.5 Å². The van der Waals surface area contributed by atoms with Crippen molar-refractivity contribution in [3.05, 3.63) is 94.4 Å². The van der Waals surface area contributed by atoms with E-state index in [0.717, 1.165) is 31.1 Å². The molecule has 27 heavy (non-hydrogen) atoms. The Bertz CT molecular complexity index is 914. The third-order valence-electron chi connectivity index (χ3n) is 5.31. The van der Waals surface area contributed by atoms with E-state index in [1.165, 1.54) is 16.2 Å². The minimum atomic E-state index is -0.515. The first kappa shape index (κ1) is 18.2. The first-order valence-electron chi connectivity index (χ1n) is 9.60. The lowest BCUT2D eigenvalue weighted by molar-refractivity contribution is 0.508. The SMILES string of the molecule is NC1CCCc2ccc(=O)n(CCP(c3ccccc3)c3ccccc3)c21. The predicted octanol–water partition coefficient (Wildman–Crippen LogP) is 3.32. The maximum atomic E-state index is 12.6. The van der Waals surface area contributed by atoms with Crippen LogP contribution in [-0.4, -0.2) is 10.7 Å². The first-order valence-corrected chi connectivity index (χ1v) is 11.1. The predicted molar refractivity (Wildman–Crippen MR) is 115 cm³/mol. The summed E-state index contributed by atoms with van der Waals surface area (Å²) in [4.78, 5) is 12.6. The van der Waals surface area contributed by atoms with Crippen LogP contribution in [0.4, 0.5) is 0 Å². The highest BCUT2D eigenvalue weighted by Crippen LogP contribution is 2.34. The molecule has 138 valence electrons. The van der Waals surface area contributed by atoms with E-state index in [0.29, 0.717) is 6.54 Å². The summed E-state index contributed by atoms with van der Waals surface area (Å²) in [5.74, 6) is 0. The molecule has 0 radical (unpaired) electrons. The molecule has 0 aliphatic heterocycles. The Kier molecular flexibility index (Phi) is 5.52. The fourth-order valence-electron chi connectivity index (χ4n) is 3.99. The van der Waals surface area contributed by atoms with Crippen LogP contribution in [0.3, 0.4) is 0 Å². The average Bonchev–Trinajstić information content (AvgIpc) is 2.71.